The molecule has 17 heavy (non-hydrogen) atoms. The van der Waals surface area contributed by atoms with E-state index < -0.39 is 0 Å². The Morgan fingerprint density at radius 2 is 2.24 bits per heavy atom. The molecule has 0 aliphatic carbocycles. The molecule has 5 heteroatoms. The largest absolute Gasteiger partial charge is 0.351 e. The average Bonchev–Trinajstić information content (AvgIpc) is 2.50. The van der Waals surface area contributed by atoms with Crippen LogP contribution in [-0.4, -0.2) is 47.6 Å². The summed E-state index contributed by atoms with van der Waals surface area (Å²) in [5, 5.41) is 0. The Balaban J connectivity index is 2.19. The highest BCUT2D eigenvalue weighted by Gasteiger charge is 2.21. The second-order valence-corrected chi connectivity index (χ2v) is 4.93. The molecular formula is C12H19ClN4. The molecule has 0 aromatic carbocycles. The molecule has 0 N–H and O–H groups in total. The first kappa shape index (κ1) is 12.6. The van der Waals surface area contributed by atoms with Crippen molar-refractivity contribution < 1.29 is 0 Å². The summed E-state index contributed by atoms with van der Waals surface area (Å²) in [6.07, 6.45) is 4.72. The van der Waals surface area contributed by atoms with Crippen molar-refractivity contribution in [2.75, 3.05) is 31.6 Å². The van der Waals surface area contributed by atoms with E-state index in [0.29, 0.717) is 11.9 Å². The number of aromatic nitrogens is 2. The van der Waals surface area contributed by atoms with Crippen molar-refractivity contribution in [1.82, 2.24) is 14.9 Å². The lowest BCUT2D eigenvalue weighted by Gasteiger charge is -2.28. The molecular weight excluding hydrogens is 236 g/mol. The number of hydrogen-bond donors (Lipinski definition) is 0. The Labute approximate surface area is 108 Å². The van der Waals surface area contributed by atoms with Crippen molar-refractivity contribution in [3.8, 4) is 0 Å². The predicted molar refractivity (Wildman–Crippen MR) is 70.5 cm³/mol. The summed E-state index contributed by atoms with van der Waals surface area (Å²) in [5.41, 5.74) is 0.842. The number of anilines is 1. The zero-order chi connectivity index (χ0) is 12.3. The Kier molecular flexibility index (Phi) is 4.18. The standard InChI is InChI=1S/C12H19ClN4/c1-10-9-16(2)4-3-5-17(10)12-8-14-7-11(6-13)15-12/h7-8,10H,3-6,9H2,1-2H3. The molecule has 2 heterocycles. The first-order valence-corrected chi connectivity index (χ1v) is 6.56. The van der Waals surface area contributed by atoms with E-state index in [1.54, 1.807) is 6.20 Å². The van der Waals surface area contributed by atoms with Crippen LogP contribution in [0, 0.1) is 0 Å². The van der Waals surface area contributed by atoms with Gasteiger partial charge in [0.15, 0.2) is 0 Å². The van der Waals surface area contributed by atoms with Gasteiger partial charge in [-0.3, -0.25) is 4.98 Å². The average molecular weight is 255 g/mol. The fourth-order valence-corrected chi connectivity index (χ4v) is 2.44. The Bertz CT molecular complexity index is 371. The zero-order valence-corrected chi connectivity index (χ0v) is 11.2. The van der Waals surface area contributed by atoms with Crippen LogP contribution in [0.5, 0.6) is 0 Å². The number of nitrogens with zero attached hydrogens (tertiary/aromatic N) is 4. The third kappa shape index (κ3) is 3.07. The van der Waals surface area contributed by atoms with Crippen molar-refractivity contribution in [1.29, 1.82) is 0 Å². The Hall–Kier alpha value is -0.870. The number of rotatable bonds is 2. The highest BCUT2D eigenvalue weighted by molar-refractivity contribution is 6.16. The monoisotopic (exact) mass is 254 g/mol. The van der Waals surface area contributed by atoms with Crippen molar-refractivity contribution in [2.45, 2.75) is 25.3 Å². The fraction of sp³-hybridized carbons (Fsp3) is 0.667. The molecule has 1 atom stereocenters. The van der Waals surface area contributed by atoms with Crippen LogP contribution in [-0.2, 0) is 5.88 Å². The number of alkyl halides is 1. The molecule has 0 saturated carbocycles. The van der Waals surface area contributed by atoms with E-state index in [0.717, 1.165) is 37.6 Å². The van der Waals surface area contributed by atoms with Gasteiger partial charge < -0.3 is 9.80 Å². The van der Waals surface area contributed by atoms with Gasteiger partial charge in [-0.1, -0.05) is 0 Å². The molecule has 0 spiro atoms. The van der Waals surface area contributed by atoms with E-state index in [-0.39, 0.29) is 0 Å². The smallest absolute Gasteiger partial charge is 0.147 e. The van der Waals surface area contributed by atoms with Crippen molar-refractivity contribution >= 4 is 17.4 Å². The van der Waals surface area contributed by atoms with Crippen LogP contribution in [0.3, 0.4) is 0 Å². The second-order valence-electron chi connectivity index (χ2n) is 4.66. The van der Waals surface area contributed by atoms with E-state index in [9.17, 15) is 0 Å². The van der Waals surface area contributed by atoms with Crippen LogP contribution in [0.1, 0.15) is 19.0 Å². The Morgan fingerprint density at radius 3 is 3.00 bits per heavy atom. The van der Waals surface area contributed by atoms with Crippen molar-refractivity contribution in [3.63, 3.8) is 0 Å². The molecule has 2 rings (SSSR count). The summed E-state index contributed by atoms with van der Waals surface area (Å²) in [7, 11) is 2.17. The normalized spacial score (nSPS) is 22.5. The summed E-state index contributed by atoms with van der Waals surface area (Å²) in [4.78, 5) is 13.4. The SMILES string of the molecule is CC1CN(C)CCCN1c1cncc(CCl)n1. The summed E-state index contributed by atoms with van der Waals surface area (Å²) in [6.45, 7) is 5.47. The molecule has 0 radical (unpaired) electrons. The van der Waals surface area contributed by atoms with Gasteiger partial charge in [-0.2, -0.15) is 0 Å². The van der Waals surface area contributed by atoms with E-state index in [1.165, 1.54) is 0 Å². The minimum absolute atomic E-state index is 0.420. The van der Waals surface area contributed by atoms with Gasteiger partial charge in [0.2, 0.25) is 0 Å². The molecule has 4 nitrogen and oxygen atoms in total. The van der Waals surface area contributed by atoms with Crippen LogP contribution >= 0.6 is 11.6 Å². The van der Waals surface area contributed by atoms with Gasteiger partial charge in [-0.25, -0.2) is 4.98 Å². The number of likely N-dealkylation sites (N-methyl/N-ethyl adjacent to an activating group) is 1. The van der Waals surface area contributed by atoms with E-state index in [1.807, 2.05) is 6.20 Å². The van der Waals surface area contributed by atoms with E-state index >= 15 is 0 Å². The van der Waals surface area contributed by atoms with Gasteiger partial charge >= 0.3 is 0 Å². The van der Waals surface area contributed by atoms with Crippen LogP contribution in [0.2, 0.25) is 0 Å². The van der Waals surface area contributed by atoms with Gasteiger partial charge in [0, 0.05) is 25.3 Å². The molecule has 1 saturated heterocycles. The number of hydrogen-bond acceptors (Lipinski definition) is 4. The van der Waals surface area contributed by atoms with Crippen LogP contribution in [0.25, 0.3) is 0 Å². The predicted octanol–water partition coefficient (Wildman–Crippen LogP) is 1.75. The molecule has 1 unspecified atom stereocenters. The van der Waals surface area contributed by atoms with Crippen molar-refractivity contribution in [2.24, 2.45) is 0 Å². The Morgan fingerprint density at radius 1 is 1.41 bits per heavy atom. The fourth-order valence-electron chi connectivity index (χ4n) is 2.31. The molecule has 0 amide bonds. The molecule has 1 fully saturated rings. The minimum atomic E-state index is 0.420. The van der Waals surface area contributed by atoms with Gasteiger partial charge in [0.1, 0.15) is 5.82 Å². The molecule has 1 aliphatic heterocycles. The highest BCUT2D eigenvalue weighted by Crippen LogP contribution is 2.17. The first-order chi connectivity index (χ1) is 8.20. The minimum Gasteiger partial charge on any atom is -0.351 e. The maximum Gasteiger partial charge on any atom is 0.147 e. The maximum absolute atomic E-state index is 5.80. The lowest BCUT2D eigenvalue weighted by atomic mass is 10.2. The summed E-state index contributed by atoms with van der Waals surface area (Å²) in [6, 6.07) is 0.461. The molecule has 0 bridgehead atoms. The first-order valence-electron chi connectivity index (χ1n) is 6.03. The third-order valence-corrected chi connectivity index (χ3v) is 3.42. The summed E-state index contributed by atoms with van der Waals surface area (Å²) in [5.74, 6) is 1.37. The molecule has 1 aromatic rings. The highest BCUT2D eigenvalue weighted by atomic mass is 35.5. The van der Waals surface area contributed by atoms with Gasteiger partial charge in [0.05, 0.1) is 17.8 Å². The van der Waals surface area contributed by atoms with Crippen LogP contribution in [0.15, 0.2) is 12.4 Å². The second kappa shape index (κ2) is 5.65. The van der Waals surface area contributed by atoms with E-state index in [4.69, 9.17) is 11.6 Å². The molecule has 1 aromatic heterocycles. The van der Waals surface area contributed by atoms with E-state index in [2.05, 4.69) is 33.7 Å². The van der Waals surface area contributed by atoms with Gasteiger partial charge in [-0.15, -0.1) is 11.6 Å². The third-order valence-electron chi connectivity index (χ3n) is 3.15. The van der Waals surface area contributed by atoms with Crippen LogP contribution < -0.4 is 4.90 Å². The zero-order valence-electron chi connectivity index (χ0n) is 10.4. The summed E-state index contributed by atoms with van der Waals surface area (Å²) >= 11 is 5.80. The lowest BCUT2D eigenvalue weighted by molar-refractivity contribution is 0.337. The van der Waals surface area contributed by atoms with Gasteiger partial charge in [-0.05, 0) is 26.9 Å². The lowest BCUT2D eigenvalue weighted by Crippen LogP contribution is -2.38. The number of halogens is 1. The quantitative estimate of drug-likeness (QED) is 0.753. The van der Waals surface area contributed by atoms with Crippen molar-refractivity contribution in [3.05, 3.63) is 18.1 Å². The maximum atomic E-state index is 5.80. The molecule has 94 valence electrons. The molecule has 1 aliphatic rings. The van der Waals surface area contributed by atoms with Gasteiger partial charge in [0.25, 0.3) is 0 Å². The van der Waals surface area contributed by atoms with Crippen LogP contribution in [0.4, 0.5) is 5.82 Å². The summed E-state index contributed by atoms with van der Waals surface area (Å²) < 4.78 is 0. The topological polar surface area (TPSA) is 32.3 Å².